The van der Waals surface area contributed by atoms with Crippen molar-refractivity contribution in [3.63, 3.8) is 0 Å². The lowest BCUT2D eigenvalue weighted by Crippen LogP contribution is -2.37. The fourth-order valence-electron chi connectivity index (χ4n) is 2.15. The molecule has 7 nitrogen and oxygen atoms in total. The third-order valence-corrected chi connectivity index (χ3v) is 3.51. The molecule has 2 amide bonds. The van der Waals surface area contributed by atoms with Crippen LogP contribution in [0.5, 0.6) is 5.75 Å². The SMILES string of the molecule is Cc1cccc(NC(=O)[C@H](C)OC(=O)CNC(=O)COc2ccccc2)c1. The van der Waals surface area contributed by atoms with Crippen LogP contribution in [0.25, 0.3) is 0 Å². The van der Waals surface area contributed by atoms with E-state index >= 15 is 0 Å². The fraction of sp³-hybridized carbons (Fsp3) is 0.250. The van der Waals surface area contributed by atoms with E-state index in [0.29, 0.717) is 11.4 Å². The van der Waals surface area contributed by atoms with Crippen molar-refractivity contribution in [3.05, 3.63) is 60.2 Å². The Morgan fingerprint density at radius 1 is 1.04 bits per heavy atom. The number of rotatable bonds is 8. The van der Waals surface area contributed by atoms with Gasteiger partial charge >= 0.3 is 5.97 Å². The highest BCUT2D eigenvalue weighted by Gasteiger charge is 2.18. The predicted molar refractivity (Wildman–Crippen MR) is 100 cm³/mol. The Hall–Kier alpha value is -3.35. The van der Waals surface area contributed by atoms with E-state index in [4.69, 9.17) is 9.47 Å². The fourth-order valence-corrected chi connectivity index (χ4v) is 2.15. The van der Waals surface area contributed by atoms with Crippen LogP contribution < -0.4 is 15.4 Å². The maximum absolute atomic E-state index is 12.1. The highest BCUT2D eigenvalue weighted by atomic mass is 16.5. The molecule has 0 radical (unpaired) electrons. The molecule has 2 rings (SSSR count). The number of anilines is 1. The lowest BCUT2D eigenvalue weighted by molar-refractivity contribution is -0.152. The summed E-state index contributed by atoms with van der Waals surface area (Å²) in [4.78, 5) is 35.5. The summed E-state index contributed by atoms with van der Waals surface area (Å²) < 4.78 is 10.3. The minimum atomic E-state index is -0.990. The summed E-state index contributed by atoms with van der Waals surface area (Å²) in [7, 11) is 0. The lowest BCUT2D eigenvalue weighted by atomic mass is 10.2. The minimum absolute atomic E-state index is 0.222. The van der Waals surface area contributed by atoms with Crippen molar-refractivity contribution in [3.8, 4) is 5.75 Å². The minimum Gasteiger partial charge on any atom is -0.484 e. The number of hydrogen-bond acceptors (Lipinski definition) is 5. The standard InChI is InChI=1S/C20H22N2O5/c1-14-7-6-8-16(11-14)22-20(25)15(2)27-19(24)12-21-18(23)13-26-17-9-4-3-5-10-17/h3-11,15H,12-13H2,1-2H3,(H,21,23)(H,22,25)/t15-/m0/s1. The van der Waals surface area contributed by atoms with Crippen molar-refractivity contribution in [2.24, 2.45) is 0 Å². The molecule has 7 heteroatoms. The van der Waals surface area contributed by atoms with E-state index in [9.17, 15) is 14.4 Å². The number of esters is 1. The number of para-hydroxylation sites is 1. The predicted octanol–water partition coefficient (Wildman–Crippen LogP) is 2.06. The molecule has 0 heterocycles. The monoisotopic (exact) mass is 370 g/mol. The van der Waals surface area contributed by atoms with Crippen LogP contribution in [-0.4, -0.2) is 37.0 Å². The van der Waals surface area contributed by atoms with E-state index < -0.39 is 23.9 Å². The van der Waals surface area contributed by atoms with Gasteiger partial charge < -0.3 is 20.1 Å². The van der Waals surface area contributed by atoms with Crippen LogP contribution in [0.4, 0.5) is 5.69 Å². The Bertz CT molecular complexity index is 792. The van der Waals surface area contributed by atoms with Crippen molar-refractivity contribution in [2.45, 2.75) is 20.0 Å². The molecule has 0 saturated carbocycles. The van der Waals surface area contributed by atoms with Gasteiger partial charge in [0.25, 0.3) is 11.8 Å². The number of aryl methyl sites for hydroxylation is 1. The first kappa shape index (κ1) is 20.0. The second-order valence-corrected chi connectivity index (χ2v) is 5.87. The molecule has 0 aliphatic carbocycles. The molecule has 0 aliphatic rings. The van der Waals surface area contributed by atoms with E-state index in [1.165, 1.54) is 6.92 Å². The number of nitrogens with one attached hydrogen (secondary N) is 2. The number of amides is 2. The Morgan fingerprint density at radius 3 is 2.48 bits per heavy atom. The second kappa shape index (κ2) is 9.96. The highest BCUT2D eigenvalue weighted by molar-refractivity contribution is 5.95. The second-order valence-electron chi connectivity index (χ2n) is 5.87. The molecule has 0 aromatic heterocycles. The van der Waals surface area contributed by atoms with E-state index in [1.807, 2.05) is 25.1 Å². The maximum atomic E-state index is 12.1. The molecule has 0 unspecified atom stereocenters. The van der Waals surface area contributed by atoms with Crippen molar-refractivity contribution >= 4 is 23.5 Å². The zero-order chi connectivity index (χ0) is 19.6. The summed E-state index contributed by atoms with van der Waals surface area (Å²) in [5, 5.41) is 5.05. The van der Waals surface area contributed by atoms with Crippen LogP contribution in [0.2, 0.25) is 0 Å². The van der Waals surface area contributed by atoms with Crippen molar-refractivity contribution < 1.29 is 23.9 Å². The van der Waals surface area contributed by atoms with E-state index in [0.717, 1.165) is 5.56 Å². The molecular formula is C20H22N2O5. The summed E-state index contributed by atoms with van der Waals surface area (Å²) in [6, 6.07) is 16.1. The van der Waals surface area contributed by atoms with E-state index in [2.05, 4.69) is 10.6 Å². The normalized spacial score (nSPS) is 11.2. The Kier molecular flexibility index (Phi) is 7.37. The third-order valence-electron chi connectivity index (χ3n) is 3.51. The number of carbonyl (C=O) groups excluding carboxylic acids is 3. The van der Waals surface area contributed by atoms with Crippen LogP contribution in [0.3, 0.4) is 0 Å². The molecule has 1 atom stereocenters. The van der Waals surface area contributed by atoms with Crippen molar-refractivity contribution in [1.29, 1.82) is 0 Å². The zero-order valence-electron chi connectivity index (χ0n) is 15.2. The topological polar surface area (TPSA) is 93.7 Å². The average molecular weight is 370 g/mol. The Labute approximate surface area is 157 Å². The Morgan fingerprint density at radius 2 is 1.78 bits per heavy atom. The molecule has 0 bridgehead atoms. The van der Waals surface area contributed by atoms with Gasteiger partial charge in [0, 0.05) is 5.69 Å². The highest BCUT2D eigenvalue weighted by Crippen LogP contribution is 2.10. The average Bonchev–Trinajstić information content (AvgIpc) is 2.65. The van der Waals surface area contributed by atoms with Gasteiger partial charge in [-0.05, 0) is 43.7 Å². The first-order valence-electron chi connectivity index (χ1n) is 8.45. The van der Waals surface area contributed by atoms with Gasteiger partial charge in [-0.1, -0.05) is 30.3 Å². The summed E-state index contributed by atoms with van der Waals surface area (Å²) in [6.07, 6.45) is -0.990. The van der Waals surface area contributed by atoms with Gasteiger partial charge in [0.1, 0.15) is 12.3 Å². The van der Waals surface area contributed by atoms with E-state index in [1.54, 1.807) is 36.4 Å². The van der Waals surface area contributed by atoms with Gasteiger partial charge in [-0.25, -0.2) is 0 Å². The molecule has 142 valence electrons. The largest absolute Gasteiger partial charge is 0.484 e. The van der Waals surface area contributed by atoms with Gasteiger partial charge in [-0.15, -0.1) is 0 Å². The smallest absolute Gasteiger partial charge is 0.326 e. The number of benzene rings is 2. The van der Waals surface area contributed by atoms with Crippen molar-refractivity contribution in [2.75, 3.05) is 18.5 Å². The van der Waals surface area contributed by atoms with Gasteiger partial charge in [0.2, 0.25) is 0 Å². The van der Waals surface area contributed by atoms with Gasteiger partial charge in [0.15, 0.2) is 12.7 Å². The first-order chi connectivity index (χ1) is 12.9. The summed E-state index contributed by atoms with van der Waals surface area (Å²) in [6.45, 7) is 2.80. The van der Waals surface area contributed by atoms with Gasteiger partial charge in [-0.3, -0.25) is 14.4 Å². The summed E-state index contributed by atoms with van der Waals surface area (Å²) in [5.74, 6) is -1.08. The van der Waals surface area contributed by atoms with Crippen LogP contribution in [0, 0.1) is 6.92 Å². The number of hydrogen-bond donors (Lipinski definition) is 2. The van der Waals surface area contributed by atoms with Crippen LogP contribution in [0.15, 0.2) is 54.6 Å². The first-order valence-corrected chi connectivity index (χ1v) is 8.45. The molecule has 2 aromatic rings. The maximum Gasteiger partial charge on any atom is 0.326 e. The summed E-state index contributed by atoms with van der Waals surface area (Å²) >= 11 is 0. The van der Waals surface area contributed by atoms with Gasteiger partial charge in [-0.2, -0.15) is 0 Å². The molecule has 0 fully saturated rings. The lowest BCUT2D eigenvalue weighted by Gasteiger charge is -2.14. The van der Waals surface area contributed by atoms with Gasteiger partial charge in [0.05, 0.1) is 0 Å². The third kappa shape index (κ3) is 7.19. The van der Waals surface area contributed by atoms with Crippen LogP contribution in [-0.2, 0) is 19.1 Å². The molecule has 2 aromatic carbocycles. The Balaban J connectivity index is 1.69. The zero-order valence-corrected chi connectivity index (χ0v) is 15.2. The van der Waals surface area contributed by atoms with Crippen molar-refractivity contribution in [1.82, 2.24) is 5.32 Å². The molecule has 2 N–H and O–H groups in total. The summed E-state index contributed by atoms with van der Waals surface area (Å²) in [5.41, 5.74) is 1.62. The molecule has 0 saturated heterocycles. The quantitative estimate of drug-likeness (QED) is 0.694. The molecular weight excluding hydrogens is 348 g/mol. The van der Waals surface area contributed by atoms with E-state index in [-0.39, 0.29) is 13.2 Å². The number of carbonyl (C=O) groups is 3. The molecule has 27 heavy (non-hydrogen) atoms. The van der Waals surface area contributed by atoms with Crippen LogP contribution >= 0.6 is 0 Å². The molecule has 0 spiro atoms. The van der Waals surface area contributed by atoms with Crippen LogP contribution in [0.1, 0.15) is 12.5 Å². The molecule has 0 aliphatic heterocycles. The number of ether oxygens (including phenoxy) is 2.